The number of nitrogens with two attached hydrogens (primary N) is 1. The molecule has 4 fully saturated rings. The normalized spacial score (nSPS) is 24.0. The minimum Gasteiger partial charge on any atom is -0.398 e. The van der Waals surface area contributed by atoms with Crippen LogP contribution >= 0.6 is 0 Å². The summed E-state index contributed by atoms with van der Waals surface area (Å²) in [6.07, 6.45) is 8.67. The maximum Gasteiger partial charge on any atom is 0.237 e. The number of nitrogens with one attached hydrogen (secondary N) is 1. The lowest BCUT2D eigenvalue weighted by Gasteiger charge is -2.62. The summed E-state index contributed by atoms with van der Waals surface area (Å²) in [6.45, 7) is 5.45. The van der Waals surface area contributed by atoms with E-state index in [1.165, 1.54) is 5.57 Å². The zero-order chi connectivity index (χ0) is 31.3. The average Bonchev–Trinajstić information content (AvgIpc) is 3.66. The molecule has 3 N–H and O–H groups in total. The Hall–Kier alpha value is -4.31. The molecule has 45 heavy (non-hydrogen) atoms. The highest BCUT2D eigenvalue weighted by atomic mass is 16.2. The van der Waals surface area contributed by atoms with Crippen molar-refractivity contribution in [1.82, 2.24) is 24.6 Å². The number of carbonyl (C=O) groups excluding carboxylic acids is 2. The van der Waals surface area contributed by atoms with Gasteiger partial charge in [0, 0.05) is 66.9 Å². The van der Waals surface area contributed by atoms with Gasteiger partial charge in [0.1, 0.15) is 6.33 Å². The van der Waals surface area contributed by atoms with E-state index < -0.39 is 0 Å². The molecule has 8 rings (SSSR count). The Morgan fingerprint density at radius 1 is 1.09 bits per heavy atom. The molecule has 0 radical (unpaired) electrons. The maximum absolute atomic E-state index is 13.7. The van der Waals surface area contributed by atoms with Gasteiger partial charge in [-0.2, -0.15) is 5.10 Å². The number of aromatic nitrogens is 3. The van der Waals surface area contributed by atoms with Gasteiger partial charge in [-0.1, -0.05) is 30.3 Å². The molecule has 2 bridgehead atoms. The van der Waals surface area contributed by atoms with Crippen LogP contribution in [-0.2, 0) is 16.6 Å². The molecule has 3 heterocycles. The first-order valence-corrected chi connectivity index (χ1v) is 16.2. The number of benzene rings is 2. The number of nitrogen functional groups attached to an aromatic ring is 1. The van der Waals surface area contributed by atoms with Crippen molar-refractivity contribution in [2.24, 2.45) is 24.3 Å². The van der Waals surface area contributed by atoms with Gasteiger partial charge in [0.25, 0.3) is 0 Å². The number of anilines is 2. The van der Waals surface area contributed by atoms with Gasteiger partial charge < -0.3 is 20.9 Å². The van der Waals surface area contributed by atoms with Gasteiger partial charge in [-0.3, -0.25) is 19.2 Å². The van der Waals surface area contributed by atoms with Crippen LogP contribution in [0.1, 0.15) is 50.2 Å². The van der Waals surface area contributed by atoms with E-state index >= 15 is 0 Å². The first kappa shape index (κ1) is 29.4. The fraction of sp³-hybridized carbons (Fsp3) is 0.457. The molecule has 0 unspecified atom stereocenters. The zero-order valence-electron chi connectivity index (χ0n) is 26.2. The molecule has 2 amide bonds. The summed E-state index contributed by atoms with van der Waals surface area (Å²) in [5.41, 5.74) is 12.5. The van der Waals surface area contributed by atoms with Crippen molar-refractivity contribution in [2.75, 3.05) is 49.9 Å². The van der Waals surface area contributed by atoms with Crippen molar-refractivity contribution in [2.45, 2.75) is 39.0 Å². The van der Waals surface area contributed by atoms with Crippen LogP contribution in [-0.4, -0.2) is 81.4 Å². The standard InChI is InChI=1S/C35H42N8O2/c1-3-43(28-8-9-30(36)29(16-28)32(37)35-17-23(18-35)19-35)34(45)27-10-13-41(20-27)21-31(44)42-14-11-25(12-15-42)24-4-6-26(7-5-24)33-38-22-40(2)39-33/h4-9,11,16,22-23,27,37H,3,10,12-15,17-21,36H2,1-2H3/t23?,27-,35?/m1/s1. The number of carbonyl (C=O) groups is 2. The summed E-state index contributed by atoms with van der Waals surface area (Å²) in [4.78, 5) is 37.2. The monoisotopic (exact) mass is 606 g/mol. The first-order chi connectivity index (χ1) is 21.7. The third kappa shape index (κ3) is 5.45. The van der Waals surface area contributed by atoms with Gasteiger partial charge >= 0.3 is 0 Å². The fourth-order valence-corrected chi connectivity index (χ4v) is 7.62. The number of rotatable bonds is 9. The van der Waals surface area contributed by atoms with E-state index in [1.807, 2.05) is 54.1 Å². The van der Waals surface area contributed by atoms with E-state index in [9.17, 15) is 9.59 Å². The molecule has 3 aliphatic carbocycles. The van der Waals surface area contributed by atoms with Crippen LogP contribution in [0.2, 0.25) is 0 Å². The van der Waals surface area contributed by atoms with Crippen LogP contribution in [0.4, 0.5) is 11.4 Å². The Bertz CT molecular complexity index is 1660. The lowest BCUT2D eigenvalue weighted by atomic mass is 9.42. The second-order valence-electron chi connectivity index (χ2n) is 13.3. The largest absolute Gasteiger partial charge is 0.398 e. The van der Waals surface area contributed by atoms with E-state index in [0.29, 0.717) is 49.9 Å². The van der Waals surface area contributed by atoms with E-state index in [-0.39, 0.29) is 23.1 Å². The zero-order valence-corrected chi connectivity index (χ0v) is 26.2. The second kappa shape index (κ2) is 11.6. The van der Waals surface area contributed by atoms with Gasteiger partial charge in [-0.25, -0.2) is 4.98 Å². The molecule has 2 aromatic carbocycles. The number of hydrogen-bond acceptors (Lipinski definition) is 7. The minimum absolute atomic E-state index is 0.00659. The Balaban J connectivity index is 0.932. The third-order valence-corrected chi connectivity index (χ3v) is 10.4. The second-order valence-corrected chi connectivity index (χ2v) is 13.3. The highest BCUT2D eigenvalue weighted by Gasteiger charge is 2.59. The van der Waals surface area contributed by atoms with Crippen molar-refractivity contribution in [1.29, 1.82) is 5.41 Å². The summed E-state index contributed by atoms with van der Waals surface area (Å²) < 4.78 is 1.70. The number of nitrogens with zero attached hydrogens (tertiary/aromatic N) is 6. The van der Waals surface area contributed by atoms with E-state index in [2.05, 4.69) is 33.2 Å². The first-order valence-electron chi connectivity index (χ1n) is 16.2. The number of likely N-dealkylation sites (tertiary alicyclic amines) is 1. The van der Waals surface area contributed by atoms with E-state index in [0.717, 1.165) is 66.9 Å². The molecule has 2 aliphatic heterocycles. The molecule has 10 heteroatoms. The molecule has 1 aromatic heterocycles. The summed E-state index contributed by atoms with van der Waals surface area (Å²) in [6, 6.07) is 14.0. The Morgan fingerprint density at radius 3 is 2.47 bits per heavy atom. The van der Waals surface area contributed by atoms with Gasteiger partial charge in [0.05, 0.1) is 12.5 Å². The lowest BCUT2D eigenvalue weighted by molar-refractivity contribution is -0.132. The predicted molar refractivity (Wildman–Crippen MR) is 176 cm³/mol. The molecule has 3 aromatic rings. The summed E-state index contributed by atoms with van der Waals surface area (Å²) in [5.74, 6) is 1.52. The Kier molecular flexibility index (Phi) is 7.55. The predicted octanol–water partition coefficient (Wildman–Crippen LogP) is 4.22. The number of hydrogen-bond donors (Lipinski definition) is 2. The van der Waals surface area contributed by atoms with Crippen LogP contribution in [0.3, 0.4) is 0 Å². The highest BCUT2D eigenvalue weighted by molar-refractivity contribution is 6.09. The van der Waals surface area contributed by atoms with Crippen molar-refractivity contribution in [3.63, 3.8) is 0 Å². The Morgan fingerprint density at radius 2 is 1.84 bits per heavy atom. The maximum atomic E-state index is 13.7. The SMILES string of the molecule is CCN(C(=O)[C@@H]1CCN(CC(=O)N2CC=C(c3ccc(-c4ncn(C)n4)cc3)CC2)C1)c1ccc(N)c(C(=N)C23CC(C2)C3)c1. The number of aryl methyl sites for hydroxylation is 1. The van der Waals surface area contributed by atoms with Crippen LogP contribution in [0, 0.1) is 22.7 Å². The summed E-state index contributed by atoms with van der Waals surface area (Å²) in [7, 11) is 1.86. The van der Waals surface area contributed by atoms with Crippen LogP contribution in [0.5, 0.6) is 0 Å². The van der Waals surface area contributed by atoms with Crippen LogP contribution in [0.25, 0.3) is 17.0 Å². The van der Waals surface area contributed by atoms with Crippen molar-refractivity contribution in [3.05, 3.63) is 66.0 Å². The van der Waals surface area contributed by atoms with Gasteiger partial charge in [0.2, 0.25) is 11.8 Å². The van der Waals surface area contributed by atoms with Crippen molar-refractivity contribution >= 4 is 34.5 Å². The average molecular weight is 607 g/mol. The molecule has 234 valence electrons. The Labute approximate surface area is 264 Å². The van der Waals surface area contributed by atoms with Crippen molar-refractivity contribution < 1.29 is 9.59 Å². The topological polar surface area (TPSA) is 124 Å². The number of amides is 2. The van der Waals surface area contributed by atoms with Gasteiger partial charge in [-0.05, 0) is 80.8 Å². The molecular formula is C35H42N8O2. The molecule has 0 spiro atoms. The quantitative estimate of drug-likeness (QED) is 0.278. The van der Waals surface area contributed by atoms with E-state index in [1.54, 1.807) is 11.0 Å². The van der Waals surface area contributed by atoms with Crippen molar-refractivity contribution in [3.8, 4) is 11.4 Å². The summed E-state index contributed by atoms with van der Waals surface area (Å²) >= 11 is 0. The van der Waals surface area contributed by atoms with Crippen LogP contribution < -0.4 is 10.6 Å². The minimum atomic E-state index is -0.159. The lowest BCUT2D eigenvalue weighted by Crippen LogP contribution is -2.56. The smallest absolute Gasteiger partial charge is 0.237 e. The fourth-order valence-electron chi connectivity index (χ4n) is 7.62. The van der Waals surface area contributed by atoms with E-state index in [4.69, 9.17) is 11.1 Å². The van der Waals surface area contributed by atoms with Gasteiger partial charge in [0.15, 0.2) is 5.82 Å². The molecule has 3 saturated carbocycles. The molecule has 10 nitrogen and oxygen atoms in total. The molecule has 1 saturated heterocycles. The van der Waals surface area contributed by atoms with Gasteiger partial charge in [-0.15, -0.1) is 0 Å². The summed E-state index contributed by atoms with van der Waals surface area (Å²) in [5, 5.41) is 13.2. The third-order valence-electron chi connectivity index (χ3n) is 10.4. The molecule has 5 aliphatic rings. The molecular weight excluding hydrogens is 564 g/mol. The van der Waals surface area contributed by atoms with Crippen LogP contribution in [0.15, 0.2) is 54.9 Å². The molecule has 1 atom stereocenters. The highest BCUT2D eigenvalue weighted by Crippen LogP contribution is 2.65.